The van der Waals surface area contributed by atoms with E-state index < -0.39 is 5.60 Å². The molecule has 3 atom stereocenters. The first-order valence-electron chi connectivity index (χ1n) is 6.13. The molecule has 2 aliphatic carbocycles. The number of rotatable bonds is 2. The van der Waals surface area contributed by atoms with Crippen LogP contribution in [0.3, 0.4) is 0 Å². The fraction of sp³-hybridized carbons (Fsp3) is 0.571. The Morgan fingerprint density at radius 2 is 2.12 bits per heavy atom. The summed E-state index contributed by atoms with van der Waals surface area (Å²) in [4.78, 5) is 0. The van der Waals surface area contributed by atoms with Gasteiger partial charge in [-0.1, -0.05) is 18.2 Å². The molecule has 86 valence electrons. The van der Waals surface area contributed by atoms with Crippen LogP contribution in [-0.2, 0) is 6.42 Å². The van der Waals surface area contributed by atoms with Crippen molar-refractivity contribution in [2.75, 3.05) is 0 Å². The molecule has 16 heavy (non-hydrogen) atoms. The van der Waals surface area contributed by atoms with Gasteiger partial charge in [0, 0.05) is 6.42 Å². The molecule has 2 aliphatic rings. The molecular formula is C14H17FO. The van der Waals surface area contributed by atoms with Gasteiger partial charge in [0.25, 0.3) is 0 Å². The molecule has 3 unspecified atom stereocenters. The Morgan fingerprint density at radius 3 is 2.75 bits per heavy atom. The molecule has 0 saturated heterocycles. The van der Waals surface area contributed by atoms with Crippen molar-refractivity contribution in [1.82, 2.24) is 0 Å². The van der Waals surface area contributed by atoms with E-state index in [0.717, 1.165) is 19.3 Å². The van der Waals surface area contributed by atoms with Crippen LogP contribution in [0, 0.1) is 17.7 Å². The van der Waals surface area contributed by atoms with Crippen molar-refractivity contribution in [3.05, 3.63) is 35.6 Å². The van der Waals surface area contributed by atoms with Gasteiger partial charge in [0.15, 0.2) is 0 Å². The Morgan fingerprint density at radius 1 is 1.31 bits per heavy atom. The predicted molar refractivity (Wildman–Crippen MR) is 60.5 cm³/mol. The molecule has 0 aliphatic heterocycles. The maximum absolute atomic E-state index is 13.5. The van der Waals surface area contributed by atoms with Crippen LogP contribution in [0.1, 0.15) is 31.2 Å². The standard InChI is InChI=1S/C14H17FO/c15-13-4-2-1-3-11(13)9-14(16)8-10-5-6-12(14)7-10/h1-4,10,12,16H,5-9H2. The first kappa shape index (κ1) is 10.3. The van der Waals surface area contributed by atoms with Gasteiger partial charge in [-0.25, -0.2) is 4.39 Å². The molecule has 1 nitrogen and oxygen atoms in total. The molecule has 2 saturated carbocycles. The highest BCUT2D eigenvalue weighted by Gasteiger charge is 2.49. The van der Waals surface area contributed by atoms with Gasteiger partial charge in [-0.15, -0.1) is 0 Å². The van der Waals surface area contributed by atoms with E-state index >= 15 is 0 Å². The molecular weight excluding hydrogens is 203 g/mol. The molecule has 0 aromatic heterocycles. The number of hydrogen-bond acceptors (Lipinski definition) is 1. The first-order chi connectivity index (χ1) is 7.67. The largest absolute Gasteiger partial charge is 0.389 e. The van der Waals surface area contributed by atoms with Crippen LogP contribution in [-0.4, -0.2) is 10.7 Å². The van der Waals surface area contributed by atoms with Crippen molar-refractivity contribution in [3.8, 4) is 0 Å². The lowest BCUT2D eigenvalue weighted by atomic mass is 9.80. The third kappa shape index (κ3) is 1.56. The van der Waals surface area contributed by atoms with Crippen molar-refractivity contribution >= 4 is 0 Å². The quantitative estimate of drug-likeness (QED) is 0.812. The van der Waals surface area contributed by atoms with E-state index in [4.69, 9.17) is 0 Å². The Labute approximate surface area is 95.3 Å². The number of halogens is 1. The van der Waals surface area contributed by atoms with Crippen molar-refractivity contribution in [3.63, 3.8) is 0 Å². The van der Waals surface area contributed by atoms with E-state index in [9.17, 15) is 9.50 Å². The molecule has 0 spiro atoms. The van der Waals surface area contributed by atoms with Crippen LogP contribution in [0.2, 0.25) is 0 Å². The maximum atomic E-state index is 13.5. The van der Waals surface area contributed by atoms with E-state index in [2.05, 4.69) is 0 Å². The van der Waals surface area contributed by atoms with Crippen molar-refractivity contribution in [1.29, 1.82) is 0 Å². The molecule has 1 aromatic rings. The second kappa shape index (κ2) is 3.56. The summed E-state index contributed by atoms with van der Waals surface area (Å²) in [6, 6.07) is 6.81. The monoisotopic (exact) mass is 220 g/mol. The summed E-state index contributed by atoms with van der Waals surface area (Å²) in [6.07, 6.45) is 4.87. The minimum absolute atomic E-state index is 0.182. The first-order valence-corrected chi connectivity index (χ1v) is 6.13. The molecule has 2 fully saturated rings. The Hall–Kier alpha value is -0.890. The van der Waals surface area contributed by atoms with Gasteiger partial charge in [-0.2, -0.15) is 0 Å². The second-order valence-corrected chi connectivity index (χ2v) is 5.45. The van der Waals surface area contributed by atoms with Crippen LogP contribution in [0.25, 0.3) is 0 Å². The molecule has 1 N–H and O–H groups in total. The van der Waals surface area contributed by atoms with Gasteiger partial charge >= 0.3 is 0 Å². The highest BCUT2D eigenvalue weighted by atomic mass is 19.1. The molecule has 0 amide bonds. The average molecular weight is 220 g/mol. The third-order valence-electron chi connectivity index (χ3n) is 4.40. The van der Waals surface area contributed by atoms with Crippen LogP contribution >= 0.6 is 0 Å². The minimum Gasteiger partial charge on any atom is -0.389 e. The highest BCUT2D eigenvalue weighted by Crippen LogP contribution is 2.51. The summed E-state index contributed by atoms with van der Waals surface area (Å²) < 4.78 is 13.5. The number of fused-ring (bicyclic) bond motifs is 2. The Balaban J connectivity index is 1.82. The van der Waals surface area contributed by atoms with E-state index in [-0.39, 0.29) is 5.82 Å². The van der Waals surface area contributed by atoms with E-state index in [1.165, 1.54) is 12.5 Å². The summed E-state index contributed by atoms with van der Waals surface area (Å²) in [7, 11) is 0. The minimum atomic E-state index is -0.634. The fourth-order valence-electron chi connectivity index (χ4n) is 3.60. The normalized spacial score (nSPS) is 36.9. The lowest BCUT2D eigenvalue weighted by Crippen LogP contribution is -2.37. The Kier molecular flexibility index (Phi) is 2.28. The van der Waals surface area contributed by atoms with Gasteiger partial charge < -0.3 is 5.11 Å². The van der Waals surface area contributed by atoms with Gasteiger partial charge in [0.2, 0.25) is 0 Å². The highest BCUT2D eigenvalue weighted by molar-refractivity contribution is 5.21. The topological polar surface area (TPSA) is 20.2 Å². The summed E-state index contributed by atoms with van der Waals surface area (Å²) >= 11 is 0. The number of aliphatic hydroxyl groups is 1. The SMILES string of the molecule is OC1(Cc2ccccc2F)CC2CCC1C2. The van der Waals surface area contributed by atoms with Gasteiger partial charge in [0.05, 0.1) is 5.60 Å². The number of benzene rings is 1. The summed E-state index contributed by atoms with van der Waals surface area (Å²) in [5, 5.41) is 10.6. The smallest absolute Gasteiger partial charge is 0.126 e. The summed E-state index contributed by atoms with van der Waals surface area (Å²) in [5.74, 6) is 0.901. The molecule has 3 rings (SSSR count). The second-order valence-electron chi connectivity index (χ2n) is 5.45. The molecule has 2 heteroatoms. The zero-order chi connectivity index (χ0) is 11.2. The zero-order valence-corrected chi connectivity index (χ0v) is 9.32. The maximum Gasteiger partial charge on any atom is 0.126 e. The van der Waals surface area contributed by atoms with Crippen LogP contribution in [0.15, 0.2) is 24.3 Å². The summed E-state index contributed by atoms with van der Waals surface area (Å²) in [5.41, 5.74) is 0.0306. The molecule has 1 aromatic carbocycles. The van der Waals surface area contributed by atoms with E-state index in [0.29, 0.717) is 23.8 Å². The van der Waals surface area contributed by atoms with Crippen LogP contribution in [0.5, 0.6) is 0 Å². The predicted octanol–water partition coefficient (Wildman–Crippen LogP) is 2.92. The molecule has 0 heterocycles. The lowest BCUT2D eigenvalue weighted by Gasteiger charge is -2.32. The molecule has 0 radical (unpaired) electrons. The lowest BCUT2D eigenvalue weighted by molar-refractivity contribution is -0.0131. The van der Waals surface area contributed by atoms with Gasteiger partial charge in [0.1, 0.15) is 5.82 Å². The van der Waals surface area contributed by atoms with E-state index in [1.54, 1.807) is 12.1 Å². The molecule has 2 bridgehead atoms. The van der Waals surface area contributed by atoms with E-state index in [1.807, 2.05) is 6.07 Å². The Bertz CT molecular complexity index is 403. The van der Waals surface area contributed by atoms with Crippen molar-refractivity contribution < 1.29 is 9.50 Å². The fourth-order valence-corrected chi connectivity index (χ4v) is 3.60. The number of hydrogen-bond donors (Lipinski definition) is 1. The average Bonchev–Trinajstić information content (AvgIpc) is 2.81. The zero-order valence-electron chi connectivity index (χ0n) is 9.32. The third-order valence-corrected chi connectivity index (χ3v) is 4.40. The van der Waals surface area contributed by atoms with Crippen LogP contribution in [0.4, 0.5) is 4.39 Å². The van der Waals surface area contributed by atoms with Crippen molar-refractivity contribution in [2.24, 2.45) is 11.8 Å². The van der Waals surface area contributed by atoms with Crippen LogP contribution < -0.4 is 0 Å². The van der Waals surface area contributed by atoms with Gasteiger partial charge in [-0.05, 0) is 49.1 Å². The van der Waals surface area contributed by atoms with Gasteiger partial charge in [-0.3, -0.25) is 0 Å². The van der Waals surface area contributed by atoms with Crippen molar-refractivity contribution in [2.45, 2.75) is 37.7 Å². The summed E-state index contributed by atoms with van der Waals surface area (Å²) in [6.45, 7) is 0.